The molecule has 0 unspecified atom stereocenters. The van der Waals surface area contributed by atoms with Crippen LogP contribution in [0, 0.1) is 0 Å². The van der Waals surface area contributed by atoms with Gasteiger partial charge in [0, 0.05) is 28.6 Å². The molecular weight excluding hydrogens is 440 g/mol. The molecular formula is C29H24N2O4. The number of carbonyl (C=O) groups is 3. The molecule has 1 atom stereocenters. The van der Waals surface area contributed by atoms with Crippen LogP contribution < -0.4 is 10.1 Å². The Morgan fingerprint density at radius 3 is 2.06 bits per heavy atom. The fourth-order valence-corrected chi connectivity index (χ4v) is 4.50. The van der Waals surface area contributed by atoms with E-state index in [4.69, 9.17) is 4.74 Å². The topological polar surface area (TPSA) is 75.7 Å². The molecule has 35 heavy (non-hydrogen) atoms. The molecule has 0 bridgehead atoms. The molecule has 1 heterocycles. The summed E-state index contributed by atoms with van der Waals surface area (Å²) in [6.07, 6.45) is 0.194. The van der Waals surface area contributed by atoms with Crippen LogP contribution >= 0.6 is 0 Å². The molecule has 6 heteroatoms. The summed E-state index contributed by atoms with van der Waals surface area (Å²) in [5, 5.41) is 4.33. The van der Waals surface area contributed by atoms with Gasteiger partial charge in [-0.15, -0.1) is 0 Å². The molecule has 0 saturated heterocycles. The van der Waals surface area contributed by atoms with Crippen LogP contribution in [0.25, 0.3) is 10.8 Å². The van der Waals surface area contributed by atoms with Gasteiger partial charge in [0.1, 0.15) is 11.8 Å². The molecule has 0 aliphatic carbocycles. The third kappa shape index (κ3) is 4.26. The Morgan fingerprint density at radius 1 is 0.829 bits per heavy atom. The number of hydrogen-bond donors (Lipinski definition) is 1. The lowest BCUT2D eigenvalue weighted by atomic mass is 9.92. The Balaban J connectivity index is 1.52. The Kier molecular flexibility index (Phi) is 6.02. The molecule has 0 spiro atoms. The van der Waals surface area contributed by atoms with Gasteiger partial charge in [0.05, 0.1) is 6.61 Å². The molecule has 0 radical (unpaired) electrons. The molecule has 174 valence electrons. The second-order valence-electron chi connectivity index (χ2n) is 8.34. The summed E-state index contributed by atoms with van der Waals surface area (Å²) in [4.78, 5) is 41.9. The zero-order valence-corrected chi connectivity index (χ0v) is 19.2. The molecule has 5 rings (SSSR count). The van der Waals surface area contributed by atoms with E-state index in [1.54, 1.807) is 48.5 Å². The van der Waals surface area contributed by atoms with Crippen molar-refractivity contribution in [3.8, 4) is 5.75 Å². The van der Waals surface area contributed by atoms with Crippen LogP contribution in [0.1, 0.15) is 33.2 Å². The second-order valence-corrected chi connectivity index (χ2v) is 8.34. The summed E-state index contributed by atoms with van der Waals surface area (Å²) in [5.74, 6) is -0.687. The number of rotatable bonds is 7. The Morgan fingerprint density at radius 2 is 1.46 bits per heavy atom. The van der Waals surface area contributed by atoms with Crippen LogP contribution in [0.2, 0.25) is 0 Å². The third-order valence-corrected chi connectivity index (χ3v) is 6.12. The maximum absolute atomic E-state index is 13.6. The van der Waals surface area contributed by atoms with Crippen LogP contribution in [0.15, 0.2) is 91.0 Å². The average molecular weight is 465 g/mol. The van der Waals surface area contributed by atoms with Crippen molar-refractivity contribution in [2.24, 2.45) is 0 Å². The van der Waals surface area contributed by atoms with Gasteiger partial charge in [0.15, 0.2) is 0 Å². The highest BCUT2D eigenvalue weighted by atomic mass is 16.5. The van der Waals surface area contributed by atoms with Crippen LogP contribution in [0.3, 0.4) is 0 Å². The Hall–Kier alpha value is -4.45. The number of nitrogens with one attached hydrogen (secondary N) is 1. The van der Waals surface area contributed by atoms with Gasteiger partial charge in [0.2, 0.25) is 5.91 Å². The van der Waals surface area contributed by atoms with E-state index in [1.165, 1.54) is 0 Å². The maximum atomic E-state index is 13.6. The van der Waals surface area contributed by atoms with Crippen molar-refractivity contribution in [1.82, 2.24) is 4.90 Å². The first-order valence-electron chi connectivity index (χ1n) is 11.5. The van der Waals surface area contributed by atoms with E-state index in [9.17, 15) is 14.4 Å². The van der Waals surface area contributed by atoms with Crippen molar-refractivity contribution in [3.05, 3.63) is 108 Å². The number of nitrogens with zero attached hydrogens (tertiary/aromatic N) is 1. The lowest BCUT2D eigenvalue weighted by Gasteiger charge is -2.33. The van der Waals surface area contributed by atoms with Gasteiger partial charge < -0.3 is 10.1 Å². The summed E-state index contributed by atoms with van der Waals surface area (Å²) in [5.41, 5.74) is 2.24. The maximum Gasteiger partial charge on any atom is 0.262 e. The normalized spacial score (nSPS) is 13.6. The van der Waals surface area contributed by atoms with E-state index in [0.29, 0.717) is 34.6 Å². The number of ether oxygens (including phenoxy) is 1. The van der Waals surface area contributed by atoms with Gasteiger partial charge in [-0.25, -0.2) is 0 Å². The van der Waals surface area contributed by atoms with Gasteiger partial charge >= 0.3 is 0 Å². The second kappa shape index (κ2) is 9.43. The van der Waals surface area contributed by atoms with Crippen molar-refractivity contribution >= 4 is 34.2 Å². The quantitative estimate of drug-likeness (QED) is 0.387. The number of hydrogen-bond acceptors (Lipinski definition) is 4. The minimum atomic E-state index is -1.03. The fourth-order valence-electron chi connectivity index (χ4n) is 4.50. The predicted octanol–water partition coefficient (Wildman–Crippen LogP) is 5.08. The number of anilines is 1. The van der Waals surface area contributed by atoms with E-state index in [0.717, 1.165) is 15.8 Å². The summed E-state index contributed by atoms with van der Waals surface area (Å²) in [6, 6.07) is 26.1. The van der Waals surface area contributed by atoms with E-state index in [2.05, 4.69) is 5.32 Å². The number of benzene rings is 4. The Labute approximate surface area is 203 Å². The lowest BCUT2D eigenvalue weighted by Crippen LogP contribution is -2.53. The van der Waals surface area contributed by atoms with E-state index in [-0.39, 0.29) is 6.42 Å². The smallest absolute Gasteiger partial charge is 0.262 e. The van der Waals surface area contributed by atoms with Crippen LogP contribution in [0.4, 0.5) is 5.69 Å². The van der Waals surface area contributed by atoms with Gasteiger partial charge in [-0.05, 0) is 54.3 Å². The highest BCUT2D eigenvalue weighted by Crippen LogP contribution is 2.32. The molecule has 4 aromatic carbocycles. The first-order valence-corrected chi connectivity index (χ1v) is 11.5. The number of carbonyl (C=O) groups excluding carboxylic acids is 3. The summed E-state index contributed by atoms with van der Waals surface area (Å²) < 4.78 is 5.47. The van der Waals surface area contributed by atoms with Crippen LogP contribution in [0.5, 0.6) is 5.75 Å². The number of imide groups is 1. The zero-order valence-electron chi connectivity index (χ0n) is 19.2. The summed E-state index contributed by atoms with van der Waals surface area (Å²) >= 11 is 0. The molecule has 1 N–H and O–H groups in total. The van der Waals surface area contributed by atoms with E-state index in [1.807, 2.05) is 49.4 Å². The van der Waals surface area contributed by atoms with Crippen molar-refractivity contribution in [2.45, 2.75) is 19.4 Å². The summed E-state index contributed by atoms with van der Waals surface area (Å²) in [7, 11) is 0. The molecule has 3 amide bonds. The molecule has 0 saturated carbocycles. The fraction of sp³-hybridized carbons (Fsp3) is 0.138. The molecule has 1 aliphatic heterocycles. The third-order valence-electron chi connectivity index (χ3n) is 6.12. The molecule has 6 nitrogen and oxygen atoms in total. The zero-order chi connectivity index (χ0) is 24.4. The number of amides is 3. The van der Waals surface area contributed by atoms with Crippen LogP contribution in [-0.2, 0) is 11.2 Å². The first kappa shape index (κ1) is 22.3. The largest absolute Gasteiger partial charge is 0.494 e. The SMILES string of the molecule is CCOc1ccc(NC(=O)[C@@H](Cc2ccccc2)N2C(=O)c3cccc4cccc(c34)C2=O)cc1. The van der Waals surface area contributed by atoms with Gasteiger partial charge in [0.25, 0.3) is 11.8 Å². The molecule has 0 fully saturated rings. The standard InChI is InChI=1S/C29H24N2O4/c1-2-35-22-16-14-21(15-17-22)30-27(32)25(18-19-8-4-3-5-9-19)31-28(33)23-12-6-10-20-11-7-13-24(26(20)23)29(31)34/h3-17,25H,2,18H2,1H3,(H,30,32)/t25-/m1/s1. The van der Waals surface area contributed by atoms with Crippen molar-refractivity contribution in [3.63, 3.8) is 0 Å². The van der Waals surface area contributed by atoms with Gasteiger partial charge in [-0.3, -0.25) is 19.3 Å². The van der Waals surface area contributed by atoms with E-state index < -0.39 is 23.8 Å². The lowest BCUT2D eigenvalue weighted by molar-refractivity contribution is -0.120. The molecule has 4 aromatic rings. The minimum Gasteiger partial charge on any atom is -0.494 e. The highest BCUT2D eigenvalue weighted by molar-refractivity contribution is 6.26. The van der Waals surface area contributed by atoms with Crippen molar-refractivity contribution in [2.75, 3.05) is 11.9 Å². The molecule has 1 aliphatic rings. The summed E-state index contributed by atoms with van der Waals surface area (Å²) in [6.45, 7) is 2.44. The van der Waals surface area contributed by atoms with Gasteiger partial charge in [-0.2, -0.15) is 0 Å². The molecule has 0 aromatic heterocycles. The van der Waals surface area contributed by atoms with E-state index >= 15 is 0 Å². The first-order chi connectivity index (χ1) is 17.1. The highest BCUT2D eigenvalue weighted by Gasteiger charge is 2.40. The average Bonchev–Trinajstić information content (AvgIpc) is 2.88. The Bertz CT molecular complexity index is 1360. The monoisotopic (exact) mass is 464 g/mol. The predicted molar refractivity (Wildman–Crippen MR) is 135 cm³/mol. The van der Waals surface area contributed by atoms with Crippen molar-refractivity contribution in [1.29, 1.82) is 0 Å². The van der Waals surface area contributed by atoms with Crippen LogP contribution in [-0.4, -0.2) is 35.3 Å². The minimum absolute atomic E-state index is 0.194. The van der Waals surface area contributed by atoms with Crippen molar-refractivity contribution < 1.29 is 19.1 Å². The van der Waals surface area contributed by atoms with Gasteiger partial charge in [-0.1, -0.05) is 54.6 Å².